The van der Waals surface area contributed by atoms with Crippen LogP contribution < -0.4 is 5.32 Å². The van der Waals surface area contributed by atoms with Crippen molar-refractivity contribution in [3.8, 4) is 10.4 Å². The summed E-state index contributed by atoms with van der Waals surface area (Å²) in [6.07, 6.45) is 1.58. The molecular formula is C26H26N4O2S2. The first-order chi connectivity index (χ1) is 16.7. The van der Waals surface area contributed by atoms with Crippen LogP contribution in [0.5, 0.6) is 0 Å². The third-order valence-electron chi connectivity index (χ3n) is 5.69. The molecule has 3 heterocycles. The predicted molar refractivity (Wildman–Crippen MR) is 138 cm³/mol. The molecule has 1 atom stereocenters. The maximum Gasteiger partial charge on any atom is 0.230 e. The van der Waals surface area contributed by atoms with Crippen molar-refractivity contribution in [3.05, 3.63) is 78.6 Å². The average molecular weight is 491 g/mol. The van der Waals surface area contributed by atoms with Crippen molar-refractivity contribution in [1.82, 2.24) is 20.2 Å². The smallest absolute Gasteiger partial charge is 0.230 e. The zero-order valence-electron chi connectivity index (χ0n) is 18.7. The number of thioether (sulfide) groups is 1. The fourth-order valence-corrected chi connectivity index (χ4v) is 5.87. The Kier molecular flexibility index (Phi) is 7.50. The number of amides is 1. The number of benzene rings is 2. The third-order valence-corrected chi connectivity index (χ3v) is 7.79. The Balaban J connectivity index is 1.13. The zero-order valence-corrected chi connectivity index (χ0v) is 20.4. The van der Waals surface area contributed by atoms with Gasteiger partial charge in [-0.1, -0.05) is 72.4 Å². The Bertz CT molecular complexity index is 1230. The molecule has 0 radical (unpaired) electrons. The van der Waals surface area contributed by atoms with Crippen molar-refractivity contribution < 1.29 is 9.53 Å². The molecule has 0 saturated carbocycles. The van der Waals surface area contributed by atoms with E-state index in [4.69, 9.17) is 4.74 Å². The van der Waals surface area contributed by atoms with Gasteiger partial charge in [0.25, 0.3) is 0 Å². The number of aromatic nitrogens is 2. The molecule has 1 N–H and O–H groups in total. The van der Waals surface area contributed by atoms with Crippen molar-refractivity contribution in [2.24, 2.45) is 0 Å². The predicted octanol–water partition coefficient (Wildman–Crippen LogP) is 4.47. The molecule has 174 valence electrons. The highest BCUT2D eigenvalue weighted by molar-refractivity contribution is 8.00. The standard InChI is InChI=1S/C26H26N4O2S2/c31-24(27-14-21-16-30(11-12-32-21)15-19-7-3-1-4-8-19)17-33-25-22-13-23(20-9-5-2-6-10-20)34-26(22)29-18-28-25/h1-10,13,18,21H,11-12,14-17H2,(H,27,31). The van der Waals surface area contributed by atoms with Crippen molar-refractivity contribution >= 4 is 39.2 Å². The Labute approximate surface area is 207 Å². The van der Waals surface area contributed by atoms with Crippen LogP contribution in [0.4, 0.5) is 0 Å². The van der Waals surface area contributed by atoms with Crippen LogP contribution in [0.15, 0.2) is 78.1 Å². The summed E-state index contributed by atoms with van der Waals surface area (Å²) < 4.78 is 5.88. The van der Waals surface area contributed by atoms with Crippen molar-refractivity contribution in [3.63, 3.8) is 0 Å². The molecule has 8 heteroatoms. The average Bonchev–Trinajstić information content (AvgIpc) is 3.33. The van der Waals surface area contributed by atoms with Gasteiger partial charge < -0.3 is 10.1 Å². The summed E-state index contributed by atoms with van der Waals surface area (Å²) >= 11 is 3.09. The number of fused-ring (bicyclic) bond motifs is 1. The highest BCUT2D eigenvalue weighted by atomic mass is 32.2. The number of ether oxygens (including phenoxy) is 1. The molecule has 1 aliphatic heterocycles. The summed E-state index contributed by atoms with van der Waals surface area (Å²) in [6.45, 7) is 3.82. The summed E-state index contributed by atoms with van der Waals surface area (Å²) in [5, 5.41) is 4.87. The number of morpholine rings is 1. The lowest BCUT2D eigenvalue weighted by Gasteiger charge is -2.33. The summed E-state index contributed by atoms with van der Waals surface area (Å²) in [6, 6.07) is 22.8. The van der Waals surface area contributed by atoms with Gasteiger partial charge in [-0.15, -0.1) is 11.3 Å². The van der Waals surface area contributed by atoms with E-state index in [2.05, 4.69) is 62.6 Å². The van der Waals surface area contributed by atoms with Crippen LogP contribution in [0.2, 0.25) is 0 Å². The van der Waals surface area contributed by atoms with E-state index in [1.807, 2.05) is 24.3 Å². The number of carbonyl (C=O) groups excluding carboxylic acids is 1. The first-order valence-electron chi connectivity index (χ1n) is 11.3. The van der Waals surface area contributed by atoms with Crippen LogP contribution in [0.3, 0.4) is 0 Å². The number of nitrogens with zero attached hydrogens (tertiary/aromatic N) is 3. The minimum atomic E-state index is -0.0148. The van der Waals surface area contributed by atoms with E-state index in [0.717, 1.165) is 45.3 Å². The van der Waals surface area contributed by atoms with Crippen LogP contribution in [0, 0.1) is 0 Å². The first kappa shape index (κ1) is 23.0. The van der Waals surface area contributed by atoms with Crippen LogP contribution in [-0.4, -0.2) is 58.9 Å². The van der Waals surface area contributed by atoms with E-state index in [9.17, 15) is 4.79 Å². The van der Waals surface area contributed by atoms with Crippen molar-refractivity contribution in [2.75, 3.05) is 32.0 Å². The van der Waals surface area contributed by atoms with Gasteiger partial charge in [0.05, 0.1) is 18.5 Å². The highest BCUT2D eigenvalue weighted by Crippen LogP contribution is 2.35. The Morgan fingerprint density at radius 3 is 2.74 bits per heavy atom. The fourth-order valence-electron chi connectivity index (χ4n) is 4.00. The molecule has 5 rings (SSSR count). The lowest BCUT2D eigenvalue weighted by Crippen LogP contribution is -2.47. The number of nitrogens with one attached hydrogen (secondary N) is 1. The van der Waals surface area contributed by atoms with Gasteiger partial charge >= 0.3 is 0 Å². The second kappa shape index (κ2) is 11.1. The Hall–Kier alpha value is -2.78. The normalized spacial score (nSPS) is 16.5. The molecule has 1 unspecified atom stereocenters. The highest BCUT2D eigenvalue weighted by Gasteiger charge is 2.21. The maximum atomic E-state index is 12.6. The summed E-state index contributed by atoms with van der Waals surface area (Å²) in [7, 11) is 0. The van der Waals surface area contributed by atoms with Gasteiger partial charge in [-0.05, 0) is 17.2 Å². The second-order valence-electron chi connectivity index (χ2n) is 8.18. The zero-order chi connectivity index (χ0) is 23.2. The molecule has 1 saturated heterocycles. The molecule has 1 aliphatic rings. The van der Waals surface area contributed by atoms with Crippen molar-refractivity contribution in [2.45, 2.75) is 17.7 Å². The van der Waals surface area contributed by atoms with Crippen LogP contribution >= 0.6 is 23.1 Å². The maximum absolute atomic E-state index is 12.6. The van der Waals surface area contributed by atoms with Crippen LogP contribution in [-0.2, 0) is 16.1 Å². The SMILES string of the molecule is O=C(CSc1ncnc2sc(-c3ccccc3)cc12)NCC1CN(Cc2ccccc2)CCO1. The number of rotatable bonds is 8. The molecule has 1 fully saturated rings. The number of carbonyl (C=O) groups is 1. The monoisotopic (exact) mass is 490 g/mol. The lowest BCUT2D eigenvalue weighted by molar-refractivity contribution is -0.119. The van der Waals surface area contributed by atoms with Gasteiger partial charge in [0.2, 0.25) is 5.91 Å². The minimum Gasteiger partial charge on any atom is -0.374 e. The van der Waals surface area contributed by atoms with E-state index >= 15 is 0 Å². The molecular weight excluding hydrogens is 464 g/mol. The molecule has 0 bridgehead atoms. The van der Waals surface area contributed by atoms with Gasteiger partial charge in [0.15, 0.2) is 0 Å². The largest absolute Gasteiger partial charge is 0.374 e. The number of hydrogen-bond donors (Lipinski definition) is 1. The summed E-state index contributed by atoms with van der Waals surface area (Å²) in [5.74, 6) is 0.294. The van der Waals surface area contributed by atoms with E-state index in [0.29, 0.717) is 18.9 Å². The molecule has 2 aromatic heterocycles. The molecule has 1 amide bonds. The first-order valence-corrected chi connectivity index (χ1v) is 13.1. The molecule has 2 aromatic carbocycles. The van der Waals surface area contributed by atoms with E-state index in [1.54, 1.807) is 17.7 Å². The number of thiophene rings is 1. The minimum absolute atomic E-state index is 0.00229. The van der Waals surface area contributed by atoms with E-state index in [-0.39, 0.29) is 12.0 Å². The molecule has 0 aliphatic carbocycles. The van der Waals surface area contributed by atoms with Gasteiger partial charge in [-0.2, -0.15) is 0 Å². The molecule has 34 heavy (non-hydrogen) atoms. The second-order valence-corrected chi connectivity index (χ2v) is 10.2. The van der Waals surface area contributed by atoms with Crippen molar-refractivity contribution in [1.29, 1.82) is 0 Å². The molecule has 6 nitrogen and oxygen atoms in total. The Morgan fingerprint density at radius 1 is 1.12 bits per heavy atom. The van der Waals surface area contributed by atoms with Gasteiger partial charge in [0.1, 0.15) is 16.2 Å². The molecule has 0 spiro atoms. The topological polar surface area (TPSA) is 67.4 Å². The molecule has 4 aromatic rings. The quantitative estimate of drug-likeness (QED) is 0.290. The van der Waals surface area contributed by atoms with Crippen LogP contribution in [0.25, 0.3) is 20.7 Å². The van der Waals surface area contributed by atoms with E-state index in [1.165, 1.54) is 17.3 Å². The number of hydrogen-bond acceptors (Lipinski definition) is 7. The summed E-state index contributed by atoms with van der Waals surface area (Å²) in [5.41, 5.74) is 2.46. The van der Waals surface area contributed by atoms with Gasteiger partial charge in [-0.25, -0.2) is 9.97 Å². The fraction of sp³-hybridized carbons (Fsp3) is 0.269. The van der Waals surface area contributed by atoms with E-state index < -0.39 is 0 Å². The third kappa shape index (κ3) is 5.82. The van der Waals surface area contributed by atoms with Gasteiger partial charge in [-0.3, -0.25) is 9.69 Å². The van der Waals surface area contributed by atoms with Crippen LogP contribution in [0.1, 0.15) is 5.56 Å². The lowest BCUT2D eigenvalue weighted by atomic mass is 10.2. The van der Waals surface area contributed by atoms with Gasteiger partial charge in [0, 0.05) is 36.4 Å². The summed E-state index contributed by atoms with van der Waals surface area (Å²) in [4.78, 5) is 25.9. The Morgan fingerprint density at radius 2 is 1.91 bits per heavy atom.